The smallest absolute Gasteiger partial charge is 0.238 e. The Balaban J connectivity index is 1.64. The number of carbonyl (C=O) groups excluding carboxylic acids is 1. The second-order valence-electron chi connectivity index (χ2n) is 7.00. The highest BCUT2D eigenvalue weighted by atomic mass is 32.1. The molecule has 0 aliphatic heterocycles. The van der Waals surface area contributed by atoms with Crippen molar-refractivity contribution in [3.05, 3.63) is 36.0 Å². The van der Waals surface area contributed by atoms with Crippen LogP contribution in [0.5, 0.6) is 0 Å². The predicted molar refractivity (Wildman–Crippen MR) is 113 cm³/mol. The van der Waals surface area contributed by atoms with Crippen LogP contribution in [-0.4, -0.2) is 27.7 Å². The molecule has 0 saturated heterocycles. The van der Waals surface area contributed by atoms with Gasteiger partial charge in [0.05, 0.1) is 0 Å². The summed E-state index contributed by atoms with van der Waals surface area (Å²) in [5.41, 5.74) is 5.89. The molecule has 2 rings (SSSR count). The molecule has 1 aromatic heterocycles. The van der Waals surface area contributed by atoms with Gasteiger partial charge in [-0.15, -0.1) is 0 Å². The minimum absolute atomic E-state index is 0.161. The molecule has 7 nitrogen and oxygen atoms in total. The molecule has 0 bridgehead atoms. The Kier molecular flexibility index (Phi) is 9.49. The first-order chi connectivity index (χ1) is 14.0. The van der Waals surface area contributed by atoms with Crippen molar-refractivity contribution >= 4 is 23.2 Å². The fourth-order valence-electron chi connectivity index (χ4n) is 2.64. The first kappa shape index (κ1) is 22.7. The number of hydrogen-bond donors (Lipinski definition) is 3. The summed E-state index contributed by atoms with van der Waals surface area (Å²) >= 11 is 5.17. The second-order valence-corrected chi connectivity index (χ2v) is 7.41. The number of nitrogens with one attached hydrogen (secondary N) is 3. The maximum atomic E-state index is 13.0. The zero-order chi connectivity index (χ0) is 21.1. The Morgan fingerprint density at radius 3 is 2.72 bits per heavy atom. The number of amides is 1. The molecule has 0 unspecified atom stereocenters. The summed E-state index contributed by atoms with van der Waals surface area (Å²) in [6.45, 7) is 5.13. The Morgan fingerprint density at radius 2 is 2.00 bits per heavy atom. The lowest BCUT2D eigenvalue weighted by Crippen LogP contribution is -2.47. The molecule has 3 N–H and O–H groups in total. The Bertz CT molecular complexity index is 781. The number of rotatable bonds is 10. The minimum atomic E-state index is -0.333. The molecule has 2 aromatic rings. The number of unbranched alkanes of at least 4 members (excludes halogenated alkanes) is 2. The first-order valence-electron chi connectivity index (χ1n) is 9.89. The number of aryl methyl sites for hydroxylation is 1. The van der Waals surface area contributed by atoms with Crippen LogP contribution in [0.25, 0.3) is 11.4 Å². The van der Waals surface area contributed by atoms with Crippen molar-refractivity contribution in [2.45, 2.75) is 52.4 Å². The van der Waals surface area contributed by atoms with Crippen LogP contribution in [0.4, 0.5) is 4.39 Å². The quantitative estimate of drug-likeness (QED) is 0.307. The summed E-state index contributed by atoms with van der Waals surface area (Å²) in [5.74, 6) is 0.634. The molecule has 29 heavy (non-hydrogen) atoms. The molecule has 9 heteroatoms. The molecule has 0 spiro atoms. The number of aromatic nitrogens is 2. The van der Waals surface area contributed by atoms with Crippen LogP contribution < -0.4 is 16.2 Å². The molecule has 0 aliphatic carbocycles. The topological polar surface area (TPSA) is 92.1 Å². The number of nitrogens with zero attached hydrogens (tertiary/aromatic N) is 2. The predicted octanol–water partition coefficient (Wildman–Crippen LogP) is 3.52. The van der Waals surface area contributed by atoms with Crippen molar-refractivity contribution in [1.29, 1.82) is 0 Å². The molecule has 0 radical (unpaired) electrons. The highest BCUT2D eigenvalue weighted by Gasteiger charge is 2.11. The van der Waals surface area contributed by atoms with E-state index in [0.717, 1.165) is 13.0 Å². The van der Waals surface area contributed by atoms with Gasteiger partial charge in [-0.25, -0.2) is 4.39 Å². The molecular weight excluding hydrogens is 393 g/mol. The van der Waals surface area contributed by atoms with Gasteiger partial charge in [0.15, 0.2) is 5.11 Å². The molecule has 158 valence electrons. The standard InChI is InChI=1S/C20H28FN5O2S/c1-3-4-5-6-14(2)13-22-20(29)25-24-17(27)11-12-18-23-19(26-28-18)15-7-9-16(21)10-8-15/h7-10,14H,3-6,11-13H2,1-2H3,(H,24,27)(H2,22,25,29)/t14-/m1/s1. The lowest BCUT2D eigenvalue weighted by molar-refractivity contribution is -0.121. The third-order valence-electron chi connectivity index (χ3n) is 4.36. The maximum absolute atomic E-state index is 13.0. The van der Waals surface area contributed by atoms with Crippen molar-refractivity contribution in [2.24, 2.45) is 5.92 Å². The van der Waals surface area contributed by atoms with E-state index in [1.165, 1.54) is 31.4 Å². The molecular formula is C20H28FN5O2S. The number of benzene rings is 1. The highest BCUT2D eigenvalue weighted by Crippen LogP contribution is 2.16. The largest absolute Gasteiger partial charge is 0.361 e. The van der Waals surface area contributed by atoms with E-state index in [2.05, 4.69) is 40.2 Å². The summed E-state index contributed by atoms with van der Waals surface area (Å²) in [6.07, 6.45) is 5.27. The van der Waals surface area contributed by atoms with Crippen LogP contribution in [0.1, 0.15) is 51.8 Å². The summed E-state index contributed by atoms with van der Waals surface area (Å²) in [6, 6.07) is 5.79. The van der Waals surface area contributed by atoms with E-state index in [1.54, 1.807) is 12.1 Å². The van der Waals surface area contributed by atoms with Crippen molar-refractivity contribution in [2.75, 3.05) is 6.54 Å². The van der Waals surface area contributed by atoms with Crippen LogP contribution >= 0.6 is 12.2 Å². The van der Waals surface area contributed by atoms with Gasteiger partial charge in [0.1, 0.15) is 5.82 Å². The van der Waals surface area contributed by atoms with Gasteiger partial charge in [-0.05, 0) is 48.8 Å². The van der Waals surface area contributed by atoms with Crippen LogP contribution in [0, 0.1) is 11.7 Å². The Morgan fingerprint density at radius 1 is 1.24 bits per heavy atom. The highest BCUT2D eigenvalue weighted by molar-refractivity contribution is 7.80. The van der Waals surface area contributed by atoms with E-state index in [0.29, 0.717) is 28.3 Å². The Labute approximate surface area is 175 Å². The lowest BCUT2D eigenvalue weighted by Gasteiger charge is -2.15. The average molecular weight is 422 g/mol. The number of hydrazine groups is 1. The van der Waals surface area contributed by atoms with E-state index < -0.39 is 0 Å². The molecule has 1 heterocycles. The van der Waals surface area contributed by atoms with E-state index >= 15 is 0 Å². The summed E-state index contributed by atoms with van der Waals surface area (Å²) in [4.78, 5) is 16.2. The average Bonchev–Trinajstić information content (AvgIpc) is 3.19. The third-order valence-corrected chi connectivity index (χ3v) is 4.61. The number of halogens is 1. The summed E-state index contributed by atoms with van der Waals surface area (Å²) in [7, 11) is 0. The van der Waals surface area contributed by atoms with Gasteiger partial charge in [-0.3, -0.25) is 15.6 Å². The van der Waals surface area contributed by atoms with E-state index in [1.807, 2.05) is 0 Å². The second kappa shape index (κ2) is 12.1. The van der Waals surface area contributed by atoms with Crippen LogP contribution in [0.15, 0.2) is 28.8 Å². The SMILES string of the molecule is CCCCC[C@@H](C)CNC(=S)NNC(=O)CCc1nc(-c2ccc(F)cc2)no1. The van der Waals surface area contributed by atoms with Gasteiger partial charge in [0, 0.05) is 24.9 Å². The van der Waals surface area contributed by atoms with Gasteiger partial charge < -0.3 is 9.84 Å². The fraction of sp³-hybridized carbons (Fsp3) is 0.500. The fourth-order valence-corrected chi connectivity index (χ4v) is 2.77. The maximum Gasteiger partial charge on any atom is 0.238 e. The van der Waals surface area contributed by atoms with E-state index in [-0.39, 0.29) is 24.6 Å². The summed E-state index contributed by atoms with van der Waals surface area (Å²) < 4.78 is 18.1. The molecule has 0 aliphatic rings. The van der Waals surface area contributed by atoms with Gasteiger partial charge in [0.25, 0.3) is 0 Å². The molecule has 0 fully saturated rings. The van der Waals surface area contributed by atoms with E-state index in [4.69, 9.17) is 16.7 Å². The monoisotopic (exact) mass is 421 g/mol. The third kappa shape index (κ3) is 8.55. The van der Waals surface area contributed by atoms with Crippen molar-refractivity contribution in [3.8, 4) is 11.4 Å². The van der Waals surface area contributed by atoms with Crippen LogP contribution in [-0.2, 0) is 11.2 Å². The van der Waals surface area contributed by atoms with Crippen molar-refractivity contribution in [1.82, 2.24) is 26.3 Å². The van der Waals surface area contributed by atoms with Gasteiger partial charge in [-0.2, -0.15) is 4.98 Å². The molecule has 0 saturated carbocycles. The normalized spacial score (nSPS) is 11.7. The number of hydrogen-bond acceptors (Lipinski definition) is 5. The van der Waals surface area contributed by atoms with Crippen LogP contribution in [0.3, 0.4) is 0 Å². The van der Waals surface area contributed by atoms with E-state index in [9.17, 15) is 9.18 Å². The minimum Gasteiger partial charge on any atom is -0.361 e. The molecule has 1 aromatic carbocycles. The van der Waals surface area contributed by atoms with Gasteiger partial charge >= 0.3 is 0 Å². The van der Waals surface area contributed by atoms with Crippen LogP contribution in [0.2, 0.25) is 0 Å². The van der Waals surface area contributed by atoms with Gasteiger partial charge in [-0.1, -0.05) is 38.3 Å². The summed E-state index contributed by atoms with van der Waals surface area (Å²) in [5, 5.41) is 7.34. The molecule has 1 atom stereocenters. The number of thiocarbonyl (C=S) groups is 1. The Hall–Kier alpha value is -2.55. The lowest BCUT2D eigenvalue weighted by atomic mass is 10.0. The zero-order valence-corrected chi connectivity index (χ0v) is 17.7. The van der Waals surface area contributed by atoms with Crippen molar-refractivity contribution in [3.63, 3.8) is 0 Å². The zero-order valence-electron chi connectivity index (χ0n) is 16.8. The van der Waals surface area contributed by atoms with Crippen molar-refractivity contribution < 1.29 is 13.7 Å². The van der Waals surface area contributed by atoms with Gasteiger partial charge in [0.2, 0.25) is 17.6 Å². The molecule has 1 amide bonds. The first-order valence-corrected chi connectivity index (χ1v) is 10.3. The number of carbonyl (C=O) groups is 1.